The van der Waals surface area contributed by atoms with Crippen molar-refractivity contribution in [2.75, 3.05) is 0 Å². The van der Waals surface area contributed by atoms with E-state index in [0.717, 1.165) is 23.0 Å². The second-order valence-corrected chi connectivity index (χ2v) is 5.61. The zero-order chi connectivity index (χ0) is 12.6. The Morgan fingerprint density at radius 1 is 1.29 bits per heavy atom. The maximum atomic E-state index is 13.6. The zero-order valence-corrected chi connectivity index (χ0v) is 11.1. The molecule has 1 aromatic carbocycles. The number of benzene rings is 1. The average molecular weight is 289 g/mol. The van der Waals surface area contributed by atoms with Gasteiger partial charge in [0.15, 0.2) is 0 Å². The van der Waals surface area contributed by atoms with Crippen molar-refractivity contribution in [3.05, 3.63) is 55.4 Å². The van der Waals surface area contributed by atoms with Crippen LogP contribution in [-0.2, 0) is 0 Å². The van der Waals surface area contributed by atoms with Crippen molar-refractivity contribution < 1.29 is 9.18 Å². The van der Waals surface area contributed by atoms with E-state index in [1.807, 2.05) is 0 Å². The molecule has 0 aliphatic rings. The molecule has 0 amide bonds. The summed E-state index contributed by atoms with van der Waals surface area (Å²) in [7, 11) is 0. The Morgan fingerprint density at radius 3 is 2.53 bits per heavy atom. The first-order chi connectivity index (χ1) is 7.99. The molecule has 1 heterocycles. The van der Waals surface area contributed by atoms with E-state index in [9.17, 15) is 9.18 Å². The minimum atomic E-state index is -0.621. The number of carbonyl (C=O) groups excluding carboxylic acids is 1. The van der Waals surface area contributed by atoms with Crippen molar-refractivity contribution in [1.82, 2.24) is 0 Å². The minimum Gasteiger partial charge on any atom is -0.288 e. The molecule has 1 nitrogen and oxygen atoms in total. The molecule has 2 rings (SSSR count). The van der Waals surface area contributed by atoms with E-state index in [4.69, 9.17) is 23.2 Å². The van der Waals surface area contributed by atoms with E-state index in [2.05, 4.69) is 0 Å². The summed E-state index contributed by atoms with van der Waals surface area (Å²) in [6.45, 7) is 1.80. The normalized spacial score (nSPS) is 10.6. The van der Waals surface area contributed by atoms with Gasteiger partial charge in [0.25, 0.3) is 0 Å². The molecule has 0 N–H and O–H groups in total. The molecule has 0 aliphatic heterocycles. The van der Waals surface area contributed by atoms with Gasteiger partial charge >= 0.3 is 0 Å². The van der Waals surface area contributed by atoms with Gasteiger partial charge < -0.3 is 0 Å². The summed E-state index contributed by atoms with van der Waals surface area (Å²) >= 11 is 12.7. The third-order valence-corrected chi connectivity index (χ3v) is 4.05. The molecule has 0 spiro atoms. The number of aryl methyl sites for hydroxylation is 1. The highest BCUT2D eigenvalue weighted by atomic mass is 35.5. The van der Waals surface area contributed by atoms with Gasteiger partial charge in [0.2, 0.25) is 5.78 Å². The first kappa shape index (κ1) is 12.6. The van der Waals surface area contributed by atoms with Crippen LogP contribution in [0.25, 0.3) is 0 Å². The van der Waals surface area contributed by atoms with Gasteiger partial charge in [-0.25, -0.2) is 4.39 Å². The fourth-order valence-electron chi connectivity index (χ4n) is 1.38. The van der Waals surface area contributed by atoms with E-state index < -0.39 is 5.82 Å². The lowest BCUT2D eigenvalue weighted by atomic mass is 10.1. The quantitative estimate of drug-likeness (QED) is 0.730. The molecule has 0 aliphatic carbocycles. The highest BCUT2D eigenvalue weighted by Gasteiger charge is 2.17. The largest absolute Gasteiger partial charge is 0.288 e. The van der Waals surface area contributed by atoms with Gasteiger partial charge in [0, 0.05) is 5.02 Å². The lowest BCUT2D eigenvalue weighted by Crippen LogP contribution is -2.01. The number of rotatable bonds is 2. The van der Waals surface area contributed by atoms with E-state index in [0.29, 0.717) is 9.21 Å². The molecule has 2 aromatic rings. The number of thiophene rings is 1. The van der Waals surface area contributed by atoms with Crippen LogP contribution in [-0.4, -0.2) is 5.78 Å². The van der Waals surface area contributed by atoms with Gasteiger partial charge in [-0.3, -0.25) is 4.79 Å². The van der Waals surface area contributed by atoms with Gasteiger partial charge in [0.1, 0.15) is 5.82 Å². The van der Waals surface area contributed by atoms with Crippen molar-refractivity contribution in [2.24, 2.45) is 0 Å². The third-order valence-electron chi connectivity index (χ3n) is 2.26. The summed E-state index contributed by atoms with van der Waals surface area (Å²) in [6, 6.07) is 5.64. The van der Waals surface area contributed by atoms with Crippen LogP contribution in [0.4, 0.5) is 4.39 Å². The summed E-state index contributed by atoms with van der Waals surface area (Å²) in [5.74, 6) is -0.996. The lowest BCUT2D eigenvalue weighted by molar-refractivity contribution is 0.103. The number of ketones is 1. The van der Waals surface area contributed by atoms with Crippen LogP contribution in [0.1, 0.15) is 20.8 Å². The zero-order valence-electron chi connectivity index (χ0n) is 8.76. The Hall–Kier alpha value is -0.900. The first-order valence-electron chi connectivity index (χ1n) is 4.74. The summed E-state index contributed by atoms with van der Waals surface area (Å²) < 4.78 is 14.1. The second kappa shape index (κ2) is 4.77. The minimum absolute atomic E-state index is 0.00677. The Bertz CT molecular complexity index is 573. The molecular formula is C12H7Cl2FOS. The smallest absolute Gasteiger partial charge is 0.205 e. The lowest BCUT2D eigenvalue weighted by Gasteiger charge is -2.00. The highest BCUT2D eigenvalue weighted by molar-refractivity contribution is 7.18. The van der Waals surface area contributed by atoms with Gasteiger partial charge in [-0.2, -0.15) is 0 Å². The summed E-state index contributed by atoms with van der Waals surface area (Å²) in [5.41, 5.74) is 0.821. The van der Waals surface area contributed by atoms with Crippen molar-refractivity contribution in [1.29, 1.82) is 0 Å². The number of carbonyl (C=O) groups is 1. The van der Waals surface area contributed by atoms with Crippen LogP contribution >= 0.6 is 34.5 Å². The molecule has 0 saturated heterocycles. The Balaban J connectivity index is 2.43. The van der Waals surface area contributed by atoms with Gasteiger partial charge in [-0.15, -0.1) is 11.3 Å². The van der Waals surface area contributed by atoms with Crippen molar-refractivity contribution in [2.45, 2.75) is 6.92 Å². The summed E-state index contributed by atoms with van der Waals surface area (Å²) in [6.07, 6.45) is 0. The summed E-state index contributed by atoms with van der Waals surface area (Å²) in [5, 5.41) is 0.263. The number of halogens is 3. The molecule has 0 radical (unpaired) electrons. The molecule has 0 unspecified atom stereocenters. The maximum Gasteiger partial charge on any atom is 0.205 e. The average Bonchev–Trinajstić information content (AvgIpc) is 2.58. The molecule has 0 saturated carbocycles. The monoisotopic (exact) mass is 288 g/mol. The molecular weight excluding hydrogens is 282 g/mol. The fourth-order valence-corrected chi connectivity index (χ4v) is 2.69. The van der Waals surface area contributed by atoms with Crippen molar-refractivity contribution in [3.8, 4) is 0 Å². The Labute approximate surface area is 112 Å². The molecule has 1 aromatic heterocycles. The topological polar surface area (TPSA) is 17.1 Å². The fraction of sp³-hybridized carbons (Fsp3) is 0.0833. The number of hydrogen-bond acceptors (Lipinski definition) is 2. The standard InChI is InChI=1S/C12H7Cl2FOS/c1-6-4-10(17-12(6)14)11(16)8-3-2-7(13)5-9(8)15/h2-5H,1H3. The van der Waals surface area contributed by atoms with Crippen LogP contribution in [0.3, 0.4) is 0 Å². The predicted octanol–water partition coefficient (Wildman–Crippen LogP) is 4.73. The van der Waals surface area contributed by atoms with Crippen molar-refractivity contribution in [3.63, 3.8) is 0 Å². The summed E-state index contributed by atoms with van der Waals surface area (Å²) in [4.78, 5) is 12.4. The van der Waals surface area contributed by atoms with Gasteiger partial charge in [-0.1, -0.05) is 23.2 Å². The molecule has 0 bridgehead atoms. The van der Waals surface area contributed by atoms with E-state index in [1.165, 1.54) is 12.1 Å². The van der Waals surface area contributed by atoms with E-state index in [1.54, 1.807) is 13.0 Å². The first-order valence-corrected chi connectivity index (χ1v) is 6.32. The SMILES string of the molecule is Cc1cc(C(=O)c2ccc(Cl)cc2F)sc1Cl. The predicted molar refractivity (Wildman–Crippen MR) is 68.9 cm³/mol. The Morgan fingerprint density at radius 2 is 2.00 bits per heavy atom. The Kier molecular flexibility index (Phi) is 3.52. The molecule has 5 heteroatoms. The molecule has 88 valence electrons. The maximum absolute atomic E-state index is 13.6. The van der Waals surface area contributed by atoms with Gasteiger partial charge in [-0.05, 0) is 36.8 Å². The van der Waals surface area contributed by atoms with Crippen LogP contribution < -0.4 is 0 Å². The molecule has 17 heavy (non-hydrogen) atoms. The second-order valence-electron chi connectivity index (χ2n) is 3.52. The number of hydrogen-bond donors (Lipinski definition) is 0. The van der Waals surface area contributed by atoms with Crippen LogP contribution in [0, 0.1) is 12.7 Å². The van der Waals surface area contributed by atoms with Crippen molar-refractivity contribution >= 4 is 40.3 Å². The highest BCUT2D eigenvalue weighted by Crippen LogP contribution is 2.29. The van der Waals surface area contributed by atoms with Gasteiger partial charge in [0.05, 0.1) is 14.8 Å². The van der Waals surface area contributed by atoms with Crippen LogP contribution in [0.15, 0.2) is 24.3 Å². The molecule has 0 fully saturated rings. The van der Waals surface area contributed by atoms with E-state index in [-0.39, 0.29) is 16.4 Å². The van der Waals surface area contributed by atoms with E-state index >= 15 is 0 Å². The van der Waals surface area contributed by atoms with Crippen LogP contribution in [0.2, 0.25) is 9.36 Å². The van der Waals surface area contributed by atoms with Crippen LogP contribution in [0.5, 0.6) is 0 Å². The molecule has 0 atom stereocenters. The third kappa shape index (κ3) is 2.51.